The molecule has 0 fully saturated rings. The maximum Gasteiger partial charge on any atom is 2.00 e. The van der Waals surface area contributed by atoms with E-state index in [0.29, 0.717) is 0 Å². The second-order valence-electron chi connectivity index (χ2n) is 2.21. The van der Waals surface area contributed by atoms with Crippen molar-refractivity contribution >= 4 is 23.1 Å². The van der Waals surface area contributed by atoms with Crippen LogP contribution in [0.4, 0.5) is 13.2 Å². The number of halogens is 4. The van der Waals surface area contributed by atoms with Gasteiger partial charge >= 0.3 is 29.2 Å². The molecule has 68 valence electrons. The molecule has 0 atom stereocenters. The Hall–Kier alpha value is 0.256. The van der Waals surface area contributed by atoms with Crippen molar-refractivity contribution in [3.8, 4) is 0 Å². The van der Waals surface area contributed by atoms with Gasteiger partial charge < -0.3 is 17.0 Å². The van der Waals surface area contributed by atoms with Crippen molar-refractivity contribution in [2.45, 2.75) is 13.1 Å². The van der Waals surface area contributed by atoms with Crippen LogP contribution in [0.15, 0.2) is 18.2 Å². The number of benzene rings is 1. The van der Waals surface area contributed by atoms with Gasteiger partial charge in [-0.05, 0) is 0 Å². The van der Waals surface area contributed by atoms with Crippen LogP contribution in [0.1, 0.15) is 11.1 Å². The van der Waals surface area contributed by atoms with E-state index in [1.807, 2.05) is 0 Å². The van der Waals surface area contributed by atoms with E-state index in [0.717, 1.165) is 6.07 Å². The van der Waals surface area contributed by atoms with Crippen LogP contribution in [0, 0.1) is 13.0 Å². The first-order chi connectivity index (χ1) is 5.02. The standard InChI is InChI=1S/C8H6F3.BrH.Mg/c1-6-4-2-3-5-7(6)8(9,10)11;;/h2-3,5H,1H3;1H;/q-1;;+2/p-1. The molecule has 13 heavy (non-hydrogen) atoms. The van der Waals surface area contributed by atoms with Crippen molar-refractivity contribution in [3.63, 3.8) is 0 Å². The number of rotatable bonds is 0. The summed E-state index contributed by atoms with van der Waals surface area (Å²) < 4.78 is 36.1. The smallest absolute Gasteiger partial charge is 1.00 e. The van der Waals surface area contributed by atoms with Gasteiger partial charge in [0.25, 0.3) is 0 Å². The minimum Gasteiger partial charge on any atom is -1.00 e. The monoisotopic (exact) mass is 262 g/mol. The molecule has 0 saturated carbocycles. The summed E-state index contributed by atoms with van der Waals surface area (Å²) in [7, 11) is 0. The maximum absolute atomic E-state index is 12.0. The van der Waals surface area contributed by atoms with Crippen molar-refractivity contribution in [3.05, 3.63) is 35.4 Å². The van der Waals surface area contributed by atoms with Crippen molar-refractivity contribution in [1.82, 2.24) is 0 Å². The summed E-state index contributed by atoms with van der Waals surface area (Å²) in [6.07, 6.45) is -4.25. The van der Waals surface area contributed by atoms with Crippen molar-refractivity contribution in [2.75, 3.05) is 0 Å². The summed E-state index contributed by atoms with van der Waals surface area (Å²) in [4.78, 5) is 0. The minimum atomic E-state index is -4.25. The van der Waals surface area contributed by atoms with Gasteiger partial charge in [-0.2, -0.15) is 43.0 Å². The van der Waals surface area contributed by atoms with Crippen molar-refractivity contribution in [2.24, 2.45) is 0 Å². The number of hydrogen-bond acceptors (Lipinski definition) is 0. The van der Waals surface area contributed by atoms with E-state index < -0.39 is 11.7 Å². The Morgan fingerprint density at radius 3 is 2.15 bits per heavy atom. The van der Waals surface area contributed by atoms with Crippen LogP contribution in [-0.2, 0) is 6.18 Å². The first kappa shape index (κ1) is 15.7. The Morgan fingerprint density at radius 2 is 1.85 bits per heavy atom. The van der Waals surface area contributed by atoms with Crippen LogP contribution in [-0.4, -0.2) is 23.1 Å². The molecule has 1 aromatic rings. The molecule has 0 N–H and O–H groups in total. The van der Waals surface area contributed by atoms with Gasteiger partial charge in [-0.1, -0.05) is 12.5 Å². The van der Waals surface area contributed by atoms with Gasteiger partial charge in [0, 0.05) is 0 Å². The predicted octanol–water partition coefficient (Wildman–Crippen LogP) is -0.563. The normalized spacial score (nSPS) is 9.85. The average molecular weight is 263 g/mol. The first-order valence-corrected chi connectivity index (χ1v) is 3.06. The summed E-state index contributed by atoms with van der Waals surface area (Å²) >= 11 is 0. The van der Waals surface area contributed by atoms with Gasteiger partial charge in [0.1, 0.15) is 0 Å². The number of aryl methyl sites for hydroxylation is 1. The molecule has 0 nitrogen and oxygen atoms in total. The molecule has 0 saturated heterocycles. The molecule has 0 bridgehead atoms. The van der Waals surface area contributed by atoms with E-state index in [1.165, 1.54) is 19.1 Å². The van der Waals surface area contributed by atoms with Gasteiger partial charge in [-0.3, -0.25) is 0 Å². The zero-order chi connectivity index (χ0) is 8.48. The fourth-order valence-electron chi connectivity index (χ4n) is 0.827. The number of alkyl halides is 3. The molecule has 0 radical (unpaired) electrons. The molecule has 0 amide bonds. The Bertz CT molecular complexity index is 260. The van der Waals surface area contributed by atoms with Crippen LogP contribution >= 0.6 is 0 Å². The van der Waals surface area contributed by atoms with E-state index in [2.05, 4.69) is 6.07 Å². The number of hydrogen-bond donors (Lipinski definition) is 0. The molecule has 5 heteroatoms. The summed E-state index contributed by atoms with van der Waals surface area (Å²) in [5.74, 6) is 0. The Morgan fingerprint density at radius 1 is 1.31 bits per heavy atom. The topological polar surface area (TPSA) is 0 Å². The average Bonchev–Trinajstić information content (AvgIpc) is 1.86. The van der Waals surface area contributed by atoms with E-state index >= 15 is 0 Å². The van der Waals surface area contributed by atoms with Gasteiger partial charge in [0.15, 0.2) is 0 Å². The van der Waals surface area contributed by atoms with Gasteiger partial charge in [0.2, 0.25) is 0 Å². The van der Waals surface area contributed by atoms with Crippen LogP contribution in [0.2, 0.25) is 0 Å². The van der Waals surface area contributed by atoms with Gasteiger partial charge in [0.05, 0.1) is 0 Å². The second-order valence-corrected chi connectivity index (χ2v) is 2.21. The Balaban J connectivity index is 0. The molecule has 0 aliphatic rings. The summed E-state index contributed by atoms with van der Waals surface area (Å²) in [5.41, 5.74) is -0.472. The van der Waals surface area contributed by atoms with E-state index in [-0.39, 0.29) is 45.6 Å². The molecule has 0 aliphatic carbocycles. The minimum absolute atomic E-state index is 0. The Kier molecular flexibility index (Phi) is 7.10. The Labute approximate surface area is 101 Å². The molecule has 1 rings (SSSR count). The predicted molar refractivity (Wildman–Crippen MR) is 40.8 cm³/mol. The fourth-order valence-corrected chi connectivity index (χ4v) is 0.827. The second kappa shape index (κ2) is 5.88. The van der Waals surface area contributed by atoms with Crippen molar-refractivity contribution < 1.29 is 30.2 Å². The fraction of sp³-hybridized carbons (Fsp3) is 0.250. The van der Waals surface area contributed by atoms with Crippen molar-refractivity contribution in [1.29, 1.82) is 0 Å². The molecule has 0 spiro atoms. The van der Waals surface area contributed by atoms with Gasteiger partial charge in [-0.25, -0.2) is 0 Å². The zero-order valence-electron chi connectivity index (χ0n) is 6.95. The zero-order valence-corrected chi connectivity index (χ0v) is 9.95. The van der Waals surface area contributed by atoms with Crippen LogP contribution in [0.5, 0.6) is 0 Å². The summed E-state index contributed by atoms with van der Waals surface area (Å²) in [6, 6.07) is 6.33. The van der Waals surface area contributed by atoms with E-state index in [9.17, 15) is 13.2 Å². The quantitative estimate of drug-likeness (QED) is 0.435. The van der Waals surface area contributed by atoms with E-state index in [1.54, 1.807) is 0 Å². The van der Waals surface area contributed by atoms with Crippen LogP contribution in [0.3, 0.4) is 0 Å². The third-order valence-corrected chi connectivity index (χ3v) is 1.37. The molecular weight excluding hydrogens is 257 g/mol. The third-order valence-electron chi connectivity index (χ3n) is 1.37. The molecular formula is C8H6BrF3Mg. The van der Waals surface area contributed by atoms with Gasteiger partial charge in [-0.15, -0.1) is 0 Å². The third kappa shape index (κ3) is 4.33. The van der Waals surface area contributed by atoms with E-state index in [4.69, 9.17) is 0 Å². The maximum atomic E-state index is 12.0. The SMILES string of the molecule is Cc1[c-]cccc1C(F)(F)F.[Br-].[Mg+2]. The first-order valence-electron chi connectivity index (χ1n) is 3.06. The molecule has 0 aromatic heterocycles. The molecule has 0 heterocycles. The largest absolute Gasteiger partial charge is 2.00 e. The summed E-state index contributed by atoms with van der Waals surface area (Å²) in [6.45, 7) is 1.39. The molecule has 0 unspecified atom stereocenters. The summed E-state index contributed by atoms with van der Waals surface area (Å²) in [5, 5.41) is 0. The molecule has 1 aromatic carbocycles. The van der Waals surface area contributed by atoms with Crippen LogP contribution in [0.25, 0.3) is 0 Å². The van der Waals surface area contributed by atoms with Crippen LogP contribution < -0.4 is 17.0 Å². The molecule has 0 aliphatic heterocycles.